The van der Waals surface area contributed by atoms with Crippen LogP contribution in [0.25, 0.3) is 0 Å². The SMILES string of the molecule is CON1C(=O)N=C(C)C(=C=O)C1c1cc(F)c(F)c(F)c1.Cl.Cl. The Morgan fingerprint density at radius 3 is 2.17 bits per heavy atom. The second-order valence-electron chi connectivity index (χ2n) is 4.20. The molecular formula is C13H11Cl2F3N2O3. The second-order valence-corrected chi connectivity index (χ2v) is 4.20. The standard InChI is InChI=1S/C13H9F3N2O3.2ClH/c1-6-8(5-19)12(18(21-2)13(20)17-6)7-3-9(14)11(16)10(15)4-7;;/h3-4,12H,1-2H3;2*1H. The molecule has 1 heterocycles. The molecule has 0 fully saturated rings. The highest BCUT2D eigenvalue weighted by Gasteiger charge is 2.36. The Hall–Kier alpha value is -1.86. The average molecular weight is 371 g/mol. The monoisotopic (exact) mass is 370 g/mol. The minimum Gasteiger partial charge on any atom is -0.272 e. The predicted molar refractivity (Wildman–Crippen MR) is 80.1 cm³/mol. The molecule has 10 heteroatoms. The minimum atomic E-state index is -1.65. The third-order valence-electron chi connectivity index (χ3n) is 2.98. The fourth-order valence-electron chi connectivity index (χ4n) is 2.03. The van der Waals surface area contributed by atoms with Gasteiger partial charge in [0.1, 0.15) is 12.0 Å². The van der Waals surface area contributed by atoms with Crippen LogP contribution in [0.5, 0.6) is 0 Å². The number of carbonyl (C=O) groups is 1. The van der Waals surface area contributed by atoms with Crippen molar-refractivity contribution in [1.82, 2.24) is 5.06 Å². The van der Waals surface area contributed by atoms with E-state index in [4.69, 9.17) is 4.84 Å². The van der Waals surface area contributed by atoms with Crippen LogP contribution >= 0.6 is 24.8 Å². The van der Waals surface area contributed by atoms with Gasteiger partial charge in [-0.15, -0.1) is 24.8 Å². The summed E-state index contributed by atoms with van der Waals surface area (Å²) in [6.07, 6.45) is 0. The first-order chi connectivity index (χ1) is 9.90. The number of hydrogen-bond acceptors (Lipinski definition) is 3. The fourth-order valence-corrected chi connectivity index (χ4v) is 2.03. The highest BCUT2D eigenvalue weighted by Crippen LogP contribution is 2.33. The molecule has 1 unspecified atom stereocenters. The summed E-state index contributed by atoms with van der Waals surface area (Å²) in [6.45, 7) is 1.37. The third kappa shape index (κ3) is 3.73. The van der Waals surface area contributed by atoms with E-state index in [0.29, 0.717) is 17.2 Å². The lowest BCUT2D eigenvalue weighted by Gasteiger charge is -2.31. The van der Waals surface area contributed by atoms with Gasteiger partial charge in [-0.25, -0.2) is 22.8 Å². The van der Waals surface area contributed by atoms with Crippen molar-refractivity contribution < 1.29 is 27.6 Å². The molecular weight excluding hydrogens is 360 g/mol. The molecule has 23 heavy (non-hydrogen) atoms. The molecule has 0 bridgehead atoms. The number of hydrogen-bond donors (Lipinski definition) is 0. The van der Waals surface area contributed by atoms with Crippen LogP contribution in [0.2, 0.25) is 0 Å². The van der Waals surface area contributed by atoms with Gasteiger partial charge >= 0.3 is 6.03 Å². The van der Waals surface area contributed by atoms with Crippen LogP contribution in [0.1, 0.15) is 18.5 Å². The molecule has 5 nitrogen and oxygen atoms in total. The Bertz CT molecular complexity index is 683. The second kappa shape index (κ2) is 8.12. The summed E-state index contributed by atoms with van der Waals surface area (Å²) >= 11 is 0. The van der Waals surface area contributed by atoms with E-state index in [9.17, 15) is 22.8 Å². The largest absolute Gasteiger partial charge is 0.368 e. The smallest absolute Gasteiger partial charge is 0.272 e. The number of hydroxylamine groups is 2. The summed E-state index contributed by atoms with van der Waals surface area (Å²) in [7, 11) is 1.12. The maximum atomic E-state index is 13.4. The number of benzene rings is 1. The van der Waals surface area contributed by atoms with Crippen molar-refractivity contribution in [3.8, 4) is 0 Å². The molecule has 0 saturated carbocycles. The molecule has 1 atom stereocenters. The zero-order valence-electron chi connectivity index (χ0n) is 11.8. The number of rotatable bonds is 2. The van der Waals surface area contributed by atoms with Crippen molar-refractivity contribution in [3.63, 3.8) is 0 Å². The van der Waals surface area contributed by atoms with Gasteiger partial charge in [0.15, 0.2) is 17.5 Å². The zero-order valence-corrected chi connectivity index (χ0v) is 13.4. The molecule has 2 amide bonds. The number of amides is 2. The summed E-state index contributed by atoms with van der Waals surface area (Å²) in [5.41, 5.74) is -0.269. The molecule has 1 aromatic carbocycles. The van der Waals surface area contributed by atoms with E-state index in [0.717, 1.165) is 7.11 Å². The number of carbonyl (C=O) groups excluding carboxylic acids is 2. The van der Waals surface area contributed by atoms with Gasteiger partial charge in [0.2, 0.25) is 0 Å². The lowest BCUT2D eigenvalue weighted by molar-refractivity contribution is -0.106. The van der Waals surface area contributed by atoms with Gasteiger partial charge in [0.05, 0.1) is 18.4 Å². The first-order valence-corrected chi connectivity index (χ1v) is 5.73. The van der Waals surface area contributed by atoms with Gasteiger partial charge in [-0.05, 0) is 24.6 Å². The lowest BCUT2D eigenvalue weighted by atomic mass is 9.95. The number of nitrogens with zero attached hydrogens (tertiary/aromatic N) is 2. The van der Waals surface area contributed by atoms with Crippen LogP contribution in [-0.4, -0.2) is 29.9 Å². The Labute approximate surface area is 141 Å². The van der Waals surface area contributed by atoms with Gasteiger partial charge in [0, 0.05) is 0 Å². The van der Waals surface area contributed by atoms with E-state index in [2.05, 4.69) is 4.99 Å². The number of halogens is 5. The number of urea groups is 1. The normalized spacial score (nSPS) is 17.0. The maximum absolute atomic E-state index is 13.4. The van der Waals surface area contributed by atoms with Crippen LogP contribution in [0, 0.1) is 17.5 Å². The molecule has 0 aliphatic carbocycles. The molecule has 1 aromatic rings. The van der Waals surface area contributed by atoms with Gasteiger partial charge in [-0.3, -0.25) is 4.84 Å². The quantitative estimate of drug-likeness (QED) is 0.593. The Balaban J connectivity index is 0.00000242. The zero-order chi connectivity index (χ0) is 15.7. The minimum absolute atomic E-state index is 0. The molecule has 126 valence electrons. The molecule has 1 aliphatic heterocycles. The molecule has 0 aromatic heterocycles. The van der Waals surface area contributed by atoms with Gasteiger partial charge in [0.25, 0.3) is 0 Å². The van der Waals surface area contributed by atoms with Crippen molar-refractivity contribution in [1.29, 1.82) is 0 Å². The molecule has 0 spiro atoms. The third-order valence-corrected chi connectivity index (χ3v) is 2.98. The summed E-state index contributed by atoms with van der Waals surface area (Å²) in [4.78, 5) is 31.1. The summed E-state index contributed by atoms with van der Waals surface area (Å²) in [5.74, 6) is -2.97. The van der Waals surface area contributed by atoms with E-state index in [1.165, 1.54) is 6.92 Å². The summed E-state index contributed by atoms with van der Waals surface area (Å²) in [6, 6.07) is -0.761. The highest BCUT2D eigenvalue weighted by molar-refractivity contribution is 6.12. The molecule has 0 N–H and O–H groups in total. The van der Waals surface area contributed by atoms with Crippen molar-refractivity contribution in [3.05, 3.63) is 40.7 Å². The van der Waals surface area contributed by atoms with Crippen LogP contribution < -0.4 is 0 Å². The molecule has 0 saturated heterocycles. The number of aliphatic imine (C=N–C) groups is 1. The molecule has 2 rings (SSSR count). The van der Waals surface area contributed by atoms with E-state index in [-0.39, 0.29) is 41.7 Å². The van der Waals surface area contributed by atoms with Crippen molar-refractivity contribution in [2.24, 2.45) is 4.99 Å². The van der Waals surface area contributed by atoms with Gasteiger partial charge in [-0.1, -0.05) is 0 Å². The van der Waals surface area contributed by atoms with Crippen LogP contribution in [0.15, 0.2) is 22.7 Å². The summed E-state index contributed by atoms with van der Waals surface area (Å²) in [5, 5.41) is 0.652. The van der Waals surface area contributed by atoms with E-state index in [1.54, 1.807) is 5.94 Å². The molecule has 1 aliphatic rings. The van der Waals surface area contributed by atoms with Crippen molar-refractivity contribution >= 4 is 42.5 Å². The van der Waals surface area contributed by atoms with Crippen molar-refractivity contribution in [2.45, 2.75) is 13.0 Å². The Morgan fingerprint density at radius 2 is 1.74 bits per heavy atom. The van der Waals surface area contributed by atoms with E-state index >= 15 is 0 Å². The average Bonchev–Trinajstić information content (AvgIpc) is 2.43. The topological polar surface area (TPSA) is 59.0 Å². The van der Waals surface area contributed by atoms with E-state index in [1.807, 2.05) is 0 Å². The first kappa shape index (κ1) is 21.1. The Kier molecular flexibility index (Phi) is 7.47. The first-order valence-electron chi connectivity index (χ1n) is 5.73. The van der Waals surface area contributed by atoms with Crippen LogP contribution in [-0.2, 0) is 9.63 Å². The fraction of sp³-hybridized carbons (Fsp3) is 0.231. The maximum Gasteiger partial charge on any atom is 0.368 e. The van der Waals surface area contributed by atoms with Crippen LogP contribution in [0.4, 0.5) is 18.0 Å². The summed E-state index contributed by atoms with van der Waals surface area (Å²) < 4.78 is 39.7. The van der Waals surface area contributed by atoms with Gasteiger partial charge < -0.3 is 0 Å². The van der Waals surface area contributed by atoms with Crippen molar-refractivity contribution in [2.75, 3.05) is 7.11 Å². The van der Waals surface area contributed by atoms with Gasteiger partial charge in [-0.2, -0.15) is 10.1 Å². The van der Waals surface area contributed by atoms with E-state index < -0.39 is 29.5 Å². The molecule has 0 radical (unpaired) electrons. The Morgan fingerprint density at radius 1 is 1.22 bits per heavy atom. The predicted octanol–water partition coefficient (Wildman–Crippen LogP) is 3.20. The lowest BCUT2D eigenvalue weighted by Crippen LogP contribution is -2.39. The highest BCUT2D eigenvalue weighted by atomic mass is 35.5. The van der Waals surface area contributed by atoms with Crippen LogP contribution in [0.3, 0.4) is 0 Å².